The molecule has 1 aliphatic heterocycles. The van der Waals surface area contributed by atoms with Crippen molar-refractivity contribution in [2.45, 2.75) is 64.0 Å². The summed E-state index contributed by atoms with van der Waals surface area (Å²) in [5.74, 6) is 1.67. The summed E-state index contributed by atoms with van der Waals surface area (Å²) in [6, 6.07) is 1.54. The van der Waals surface area contributed by atoms with Crippen molar-refractivity contribution in [3.63, 3.8) is 0 Å². The summed E-state index contributed by atoms with van der Waals surface area (Å²) >= 11 is 6.72. The molecule has 0 spiro atoms. The molecule has 4 heterocycles. The fourth-order valence-electron chi connectivity index (χ4n) is 5.31. The Morgan fingerprint density at radius 2 is 2.02 bits per heavy atom. The first-order valence-corrected chi connectivity index (χ1v) is 14.4. The van der Waals surface area contributed by atoms with E-state index in [1.807, 2.05) is 38.3 Å². The Labute approximate surface area is 240 Å². The van der Waals surface area contributed by atoms with Crippen molar-refractivity contribution in [1.29, 1.82) is 0 Å². The van der Waals surface area contributed by atoms with Crippen LogP contribution in [0.25, 0.3) is 16.5 Å². The fourth-order valence-corrected chi connectivity index (χ4v) is 5.49. The number of nitrogens with zero attached hydrogens (tertiary/aromatic N) is 5. The Hall–Kier alpha value is -3.36. The molecule has 0 radical (unpaired) electrons. The van der Waals surface area contributed by atoms with Crippen LogP contribution in [0.15, 0.2) is 49.3 Å². The summed E-state index contributed by atoms with van der Waals surface area (Å²) in [5.41, 5.74) is 3.36. The SMILES string of the molecule is C=CC=CC(=CC(C)Nc1ncc(C)cc1F)c1nc(N(C)C2CCCNCC2)c2c(C3CC3)cnc(Cl)c2n1. The van der Waals surface area contributed by atoms with E-state index >= 15 is 0 Å². The summed E-state index contributed by atoms with van der Waals surface area (Å²) in [5, 5.41) is 8.03. The number of pyridine rings is 2. The fraction of sp³-hybridized carbons (Fsp3) is 0.419. The third-order valence-corrected chi connectivity index (χ3v) is 7.85. The van der Waals surface area contributed by atoms with Crippen LogP contribution in [0, 0.1) is 12.7 Å². The van der Waals surface area contributed by atoms with Crippen LogP contribution in [0.4, 0.5) is 16.0 Å². The van der Waals surface area contributed by atoms with Crippen LogP contribution >= 0.6 is 11.6 Å². The second-order valence-corrected chi connectivity index (χ2v) is 11.2. The highest BCUT2D eigenvalue weighted by molar-refractivity contribution is 6.34. The number of halogens is 2. The highest BCUT2D eigenvalue weighted by Crippen LogP contribution is 2.46. The molecular weight excluding hydrogens is 525 g/mol. The molecule has 40 heavy (non-hydrogen) atoms. The minimum absolute atomic E-state index is 0.199. The summed E-state index contributed by atoms with van der Waals surface area (Å²) in [7, 11) is 2.13. The number of hydrogen-bond donors (Lipinski definition) is 2. The number of nitrogens with one attached hydrogen (secondary N) is 2. The topological polar surface area (TPSA) is 78.9 Å². The Kier molecular flexibility index (Phi) is 8.76. The first kappa shape index (κ1) is 28.2. The average molecular weight is 562 g/mol. The zero-order chi connectivity index (χ0) is 28.2. The molecule has 0 bridgehead atoms. The minimum atomic E-state index is -0.391. The van der Waals surface area contributed by atoms with Gasteiger partial charge in [0.25, 0.3) is 0 Å². The van der Waals surface area contributed by atoms with Crippen molar-refractivity contribution in [2.24, 2.45) is 0 Å². The maximum atomic E-state index is 14.5. The third kappa shape index (κ3) is 6.34. The van der Waals surface area contributed by atoms with Crippen LogP contribution in [0.2, 0.25) is 5.15 Å². The van der Waals surface area contributed by atoms with Crippen LogP contribution < -0.4 is 15.5 Å². The maximum Gasteiger partial charge on any atom is 0.165 e. The number of rotatable bonds is 9. The van der Waals surface area contributed by atoms with Crippen LogP contribution in [0.3, 0.4) is 0 Å². The number of fused-ring (bicyclic) bond motifs is 1. The molecule has 1 saturated carbocycles. The monoisotopic (exact) mass is 561 g/mol. The molecule has 2 atom stereocenters. The lowest BCUT2D eigenvalue weighted by Crippen LogP contribution is -2.33. The van der Waals surface area contributed by atoms with Gasteiger partial charge in [-0.15, -0.1) is 0 Å². The number of aryl methyl sites for hydroxylation is 1. The second kappa shape index (κ2) is 12.4. The van der Waals surface area contributed by atoms with Gasteiger partial charge >= 0.3 is 0 Å². The number of aromatic nitrogens is 4. The molecule has 3 aromatic rings. The Balaban J connectivity index is 1.62. The van der Waals surface area contributed by atoms with Gasteiger partial charge in [-0.3, -0.25) is 0 Å². The summed E-state index contributed by atoms with van der Waals surface area (Å²) in [6.45, 7) is 9.59. The van der Waals surface area contributed by atoms with Gasteiger partial charge in [0.1, 0.15) is 11.3 Å². The zero-order valence-corrected chi connectivity index (χ0v) is 24.2. The van der Waals surface area contributed by atoms with Crippen LogP contribution in [0.5, 0.6) is 0 Å². The lowest BCUT2D eigenvalue weighted by molar-refractivity contribution is 0.563. The number of anilines is 2. The summed E-state index contributed by atoms with van der Waals surface area (Å²) < 4.78 is 14.5. The summed E-state index contributed by atoms with van der Waals surface area (Å²) in [4.78, 5) is 21.2. The van der Waals surface area contributed by atoms with Crippen LogP contribution in [0.1, 0.15) is 61.9 Å². The zero-order valence-electron chi connectivity index (χ0n) is 23.4. The van der Waals surface area contributed by atoms with E-state index in [4.69, 9.17) is 21.6 Å². The largest absolute Gasteiger partial charge is 0.362 e. The smallest absolute Gasteiger partial charge is 0.165 e. The van der Waals surface area contributed by atoms with Gasteiger partial charge in [0.05, 0.1) is 5.39 Å². The lowest BCUT2D eigenvalue weighted by Gasteiger charge is -2.30. The van der Waals surface area contributed by atoms with E-state index in [1.54, 1.807) is 12.3 Å². The molecular formula is C31H37ClFN7. The first-order valence-electron chi connectivity index (χ1n) is 14.1. The molecule has 2 aliphatic rings. The predicted molar refractivity (Wildman–Crippen MR) is 163 cm³/mol. The van der Waals surface area contributed by atoms with Gasteiger partial charge in [0.2, 0.25) is 0 Å². The van der Waals surface area contributed by atoms with Crippen molar-refractivity contribution in [1.82, 2.24) is 25.3 Å². The number of hydrogen-bond acceptors (Lipinski definition) is 7. The Morgan fingerprint density at radius 1 is 1.20 bits per heavy atom. The molecule has 0 amide bonds. The molecule has 2 fully saturated rings. The van der Waals surface area contributed by atoms with Crippen molar-refractivity contribution < 1.29 is 4.39 Å². The molecule has 2 unspecified atom stereocenters. The number of allylic oxidation sites excluding steroid dienone is 4. The third-order valence-electron chi connectivity index (χ3n) is 7.58. The minimum Gasteiger partial charge on any atom is -0.362 e. The van der Waals surface area contributed by atoms with Gasteiger partial charge in [0.15, 0.2) is 22.6 Å². The molecule has 1 aliphatic carbocycles. The highest BCUT2D eigenvalue weighted by atomic mass is 35.5. The standard InChI is InChI=1S/C31H37ClFN7/c1-5-6-8-22(16-20(3)37-30-25(33)15-19(2)17-36-30)29-38-27-26(24(21-10-11-21)18-35-28(27)32)31(39-29)40(4)23-9-7-13-34-14-12-23/h5-6,8,15-18,20-21,23,34H,1,7,9-14H2,2-4H3,(H,36,37). The summed E-state index contributed by atoms with van der Waals surface area (Å²) in [6.07, 6.45) is 16.5. The molecule has 7 nitrogen and oxygen atoms in total. The van der Waals surface area contributed by atoms with E-state index < -0.39 is 5.82 Å². The van der Waals surface area contributed by atoms with Crippen LogP contribution in [-0.4, -0.2) is 52.2 Å². The van der Waals surface area contributed by atoms with E-state index in [2.05, 4.69) is 39.1 Å². The second-order valence-electron chi connectivity index (χ2n) is 10.8. The van der Waals surface area contributed by atoms with Gasteiger partial charge in [-0.2, -0.15) is 0 Å². The molecule has 3 aromatic heterocycles. The molecule has 0 aromatic carbocycles. The van der Waals surface area contributed by atoms with Gasteiger partial charge < -0.3 is 15.5 Å². The molecule has 210 valence electrons. The molecule has 2 N–H and O–H groups in total. The quantitative estimate of drug-likeness (QED) is 0.225. The van der Waals surface area contributed by atoms with E-state index in [-0.39, 0.29) is 11.9 Å². The van der Waals surface area contributed by atoms with Crippen molar-refractivity contribution >= 4 is 39.7 Å². The first-order chi connectivity index (χ1) is 19.4. The van der Waals surface area contributed by atoms with E-state index in [9.17, 15) is 4.39 Å². The van der Waals surface area contributed by atoms with Gasteiger partial charge in [-0.05, 0) is 82.2 Å². The Bertz CT molecular complexity index is 1440. The van der Waals surface area contributed by atoms with Gasteiger partial charge in [-0.1, -0.05) is 42.5 Å². The predicted octanol–water partition coefficient (Wildman–Crippen LogP) is 6.60. The van der Waals surface area contributed by atoms with Gasteiger partial charge in [-0.25, -0.2) is 24.3 Å². The lowest BCUT2D eigenvalue weighted by atomic mass is 10.0. The maximum absolute atomic E-state index is 14.5. The molecule has 9 heteroatoms. The Morgan fingerprint density at radius 3 is 2.77 bits per heavy atom. The normalized spacial score (nSPS) is 19.0. The van der Waals surface area contributed by atoms with Crippen molar-refractivity contribution in [2.75, 3.05) is 30.4 Å². The van der Waals surface area contributed by atoms with Crippen LogP contribution in [-0.2, 0) is 0 Å². The molecule has 5 rings (SSSR count). The van der Waals surface area contributed by atoms with E-state index in [0.717, 1.165) is 67.5 Å². The highest BCUT2D eigenvalue weighted by Gasteiger charge is 2.31. The van der Waals surface area contributed by atoms with Crippen molar-refractivity contribution in [3.8, 4) is 0 Å². The van der Waals surface area contributed by atoms with E-state index in [0.29, 0.717) is 28.5 Å². The average Bonchev–Trinajstić information content (AvgIpc) is 3.80. The molecule has 1 saturated heterocycles. The van der Waals surface area contributed by atoms with Gasteiger partial charge in [0, 0.05) is 37.1 Å². The van der Waals surface area contributed by atoms with E-state index in [1.165, 1.54) is 11.6 Å². The van der Waals surface area contributed by atoms with Crippen molar-refractivity contribution in [3.05, 3.63) is 77.3 Å².